The lowest BCUT2D eigenvalue weighted by atomic mass is 9.87. The van der Waals surface area contributed by atoms with Gasteiger partial charge in [-0.2, -0.15) is 0 Å². The van der Waals surface area contributed by atoms with Crippen molar-refractivity contribution in [2.45, 2.75) is 82.7 Å². The number of fused-ring (bicyclic) bond motifs is 1. The average molecular weight is 533 g/mol. The third-order valence-electron chi connectivity index (χ3n) is 7.78. The number of thiazole rings is 1. The molecule has 0 bridgehead atoms. The van der Waals surface area contributed by atoms with Gasteiger partial charge in [-0.25, -0.2) is 9.37 Å². The van der Waals surface area contributed by atoms with E-state index in [-0.39, 0.29) is 29.6 Å². The van der Waals surface area contributed by atoms with Crippen molar-refractivity contribution >= 4 is 39.9 Å². The summed E-state index contributed by atoms with van der Waals surface area (Å²) in [6.07, 6.45) is 9.96. The molecule has 2 aliphatic carbocycles. The first-order valence-corrected chi connectivity index (χ1v) is 14.4. The normalized spacial score (nSPS) is 22.8. The molecule has 36 heavy (non-hydrogen) atoms. The Labute approximate surface area is 221 Å². The number of amides is 2. The molecule has 194 valence electrons. The zero-order valence-corrected chi connectivity index (χ0v) is 22.1. The summed E-state index contributed by atoms with van der Waals surface area (Å²) in [6.45, 7) is 1.87. The Kier molecular flexibility index (Phi) is 8.23. The third-order valence-corrected chi connectivity index (χ3v) is 9.18. The maximum Gasteiger partial charge on any atom is 0.229 e. The molecular formula is C27H34ClFN4O2S. The number of benzene rings is 1. The second-order valence-electron chi connectivity index (χ2n) is 10.5. The lowest BCUT2D eigenvalue weighted by Crippen LogP contribution is -2.40. The van der Waals surface area contributed by atoms with E-state index in [0.717, 1.165) is 55.6 Å². The van der Waals surface area contributed by atoms with Crippen LogP contribution in [0.4, 0.5) is 9.52 Å². The van der Waals surface area contributed by atoms with E-state index in [0.29, 0.717) is 41.1 Å². The van der Waals surface area contributed by atoms with Crippen molar-refractivity contribution in [1.29, 1.82) is 0 Å². The summed E-state index contributed by atoms with van der Waals surface area (Å²) in [5.74, 6) is -0.0710. The fraction of sp³-hybridized carbons (Fsp3) is 0.593. The van der Waals surface area contributed by atoms with Crippen LogP contribution in [0.3, 0.4) is 0 Å². The molecule has 5 rings (SSSR count). The predicted octanol–water partition coefficient (Wildman–Crippen LogP) is 5.66. The number of nitrogens with one attached hydrogen (secondary N) is 2. The summed E-state index contributed by atoms with van der Waals surface area (Å²) >= 11 is 7.71. The number of rotatable bonds is 7. The Hall–Kier alpha value is -2.03. The van der Waals surface area contributed by atoms with E-state index in [1.807, 2.05) is 0 Å². The minimum atomic E-state index is -0.296. The van der Waals surface area contributed by atoms with E-state index in [1.165, 1.54) is 36.7 Å². The number of aryl methyl sites for hydroxylation is 1. The molecule has 2 heterocycles. The molecule has 1 saturated heterocycles. The summed E-state index contributed by atoms with van der Waals surface area (Å²) < 4.78 is 14.2. The molecule has 6 nitrogen and oxygen atoms in total. The number of halogens is 2. The molecule has 2 fully saturated rings. The molecule has 1 aliphatic heterocycles. The Bertz CT molecular complexity index is 1080. The molecule has 1 aromatic heterocycles. The number of carbonyl (C=O) groups is 2. The highest BCUT2D eigenvalue weighted by Gasteiger charge is 2.33. The van der Waals surface area contributed by atoms with Crippen LogP contribution in [0.2, 0.25) is 5.02 Å². The molecule has 9 heteroatoms. The molecular weight excluding hydrogens is 499 g/mol. The molecule has 0 radical (unpaired) electrons. The highest BCUT2D eigenvalue weighted by atomic mass is 35.5. The Balaban J connectivity index is 1.16. The summed E-state index contributed by atoms with van der Waals surface area (Å²) in [5, 5.41) is 7.27. The molecule has 2 atom stereocenters. The van der Waals surface area contributed by atoms with Crippen LogP contribution in [-0.2, 0) is 22.6 Å². The highest BCUT2D eigenvalue weighted by Crippen LogP contribution is 2.37. The first-order chi connectivity index (χ1) is 17.5. The van der Waals surface area contributed by atoms with E-state index >= 15 is 0 Å². The summed E-state index contributed by atoms with van der Waals surface area (Å²) in [6, 6.07) is 4.76. The van der Waals surface area contributed by atoms with Gasteiger partial charge < -0.3 is 10.6 Å². The lowest BCUT2D eigenvalue weighted by molar-refractivity contribution is -0.123. The van der Waals surface area contributed by atoms with Gasteiger partial charge in [-0.05, 0) is 56.6 Å². The molecule has 2 aromatic rings. The van der Waals surface area contributed by atoms with Crippen LogP contribution in [0.15, 0.2) is 18.2 Å². The average Bonchev–Trinajstić information content (AvgIpc) is 3.47. The number of anilines is 1. The van der Waals surface area contributed by atoms with E-state index in [1.54, 1.807) is 12.1 Å². The molecule has 0 spiro atoms. The molecule has 2 N–H and O–H groups in total. The number of aromatic nitrogens is 1. The minimum absolute atomic E-state index is 0.00268. The van der Waals surface area contributed by atoms with Gasteiger partial charge in [0.2, 0.25) is 11.8 Å². The van der Waals surface area contributed by atoms with Crippen molar-refractivity contribution in [2.75, 3.05) is 18.4 Å². The van der Waals surface area contributed by atoms with Crippen molar-refractivity contribution in [2.24, 2.45) is 5.92 Å². The highest BCUT2D eigenvalue weighted by molar-refractivity contribution is 7.15. The number of nitrogens with zero attached hydrogens (tertiary/aromatic N) is 2. The molecule has 2 amide bonds. The van der Waals surface area contributed by atoms with Crippen molar-refractivity contribution in [3.05, 3.63) is 45.2 Å². The quantitative estimate of drug-likeness (QED) is 0.483. The topological polar surface area (TPSA) is 74.3 Å². The van der Waals surface area contributed by atoms with Crippen LogP contribution in [-0.4, -0.2) is 40.8 Å². The van der Waals surface area contributed by atoms with E-state index in [2.05, 4.69) is 15.5 Å². The van der Waals surface area contributed by atoms with Crippen LogP contribution in [0.25, 0.3) is 0 Å². The van der Waals surface area contributed by atoms with Gasteiger partial charge in [-0.1, -0.05) is 36.9 Å². The largest absolute Gasteiger partial charge is 0.351 e. The molecule has 2 unspecified atom stereocenters. The number of hydrogen-bond acceptors (Lipinski definition) is 5. The Morgan fingerprint density at radius 3 is 2.78 bits per heavy atom. The molecule has 1 saturated carbocycles. The predicted molar refractivity (Wildman–Crippen MR) is 141 cm³/mol. The third kappa shape index (κ3) is 6.09. The van der Waals surface area contributed by atoms with Crippen LogP contribution in [0, 0.1) is 11.7 Å². The first-order valence-electron chi connectivity index (χ1n) is 13.2. The van der Waals surface area contributed by atoms with Gasteiger partial charge in [0.15, 0.2) is 5.13 Å². The first kappa shape index (κ1) is 25.6. The second-order valence-corrected chi connectivity index (χ2v) is 11.9. The Morgan fingerprint density at radius 2 is 1.97 bits per heavy atom. The second kappa shape index (κ2) is 11.6. The van der Waals surface area contributed by atoms with Crippen LogP contribution in [0.1, 0.15) is 79.8 Å². The maximum absolute atomic E-state index is 14.2. The van der Waals surface area contributed by atoms with Crippen LogP contribution in [0.5, 0.6) is 0 Å². The fourth-order valence-electron chi connectivity index (χ4n) is 5.85. The SMILES string of the molecule is O=C(CC1CCCCC1)Nc1nc2c(s1)CCCC2C(=O)NC1CCN(Cc2c(F)cccc2Cl)C1. The van der Waals surface area contributed by atoms with Gasteiger partial charge in [0.1, 0.15) is 5.82 Å². The summed E-state index contributed by atoms with van der Waals surface area (Å²) in [5.41, 5.74) is 1.33. The maximum atomic E-state index is 14.2. The smallest absolute Gasteiger partial charge is 0.229 e. The van der Waals surface area contributed by atoms with Gasteiger partial charge in [0, 0.05) is 47.6 Å². The minimum Gasteiger partial charge on any atom is -0.351 e. The number of likely N-dealkylation sites (tertiary alicyclic amines) is 1. The van der Waals surface area contributed by atoms with E-state index in [4.69, 9.17) is 16.6 Å². The zero-order valence-electron chi connectivity index (χ0n) is 20.5. The lowest BCUT2D eigenvalue weighted by Gasteiger charge is -2.23. The van der Waals surface area contributed by atoms with Crippen LogP contribution < -0.4 is 10.6 Å². The zero-order chi connectivity index (χ0) is 25.1. The Morgan fingerprint density at radius 1 is 1.14 bits per heavy atom. The van der Waals surface area contributed by atoms with Crippen LogP contribution >= 0.6 is 22.9 Å². The van der Waals surface area contributed by atoms with Crippen molar-refractivity contribution in [3.63, 3.8) is 0 Å². The summed E-state index contributed by atoms with van der Waals surface area (Å²) in [4.78, 5) is 33.8. The van der Waals surface area contributed by atoms with Gasteiger partial charge in [-0.15, -0.1) is 11.3 Å². The van der Waals surface area contributed by atoms with Crippen molar-refractivity contribution in [3.8, 4) is 0 Å². The fourth-order valence-corrected chi connectivity index (χ4v) is 7.16. The number of hydrogen-bond donors (Lipinski definition) is 2. The van der Waals surface area contributed by atoms with E-state index in [9.17, 15) is 14.0 Å². The van der Waals surface area contributed by atoms with Gasteiger partial charge >= 0.3 is 0 Å². The van der Waals surface area contributed by atoms with Gasteiger partial charge in [0.25, 0.3) is 0 Å². The standard InChI is InChI=1S/C27H34ClFN4O2S/c28-21-9-5-10-22(29)20(21)16-33-13-12-18(15-33)30-26(35)19-8-4-11-23-25(19)32-27(36-23)31-24(34)14-17-6-2-1-3-7-17/h5,9-10,17-19H,1-4,6-8,11-16H2,(H,30,35)(H,31,32,34). The molecule has 3 aliphatic rings. The van der Waals surface area contributed by atoms with Gasteiger partial charge in [0.05, 0.1) is 11.6 Å². The monoisotopic (exact) mass is 532 g/mol. The van der Waals surface area contributed by atoms with Crippen molar-refractivity contribution < 1.29 is 14.0 Å². The molecule has 1 aromatic carbocycles. The van der Waals surface area contributed by atoms with Crippen molar-refractivity contribution in [1.82, 2.24) is 15.2 Å². The summed E-state index contributed by atoms with van der Waals surface area (Å²) in [7, 11) is 0. The van der Waals surface area contributed by atoms with Gasteiger partial charge in [-0.3, -0.25) is 14.5 Å². The van der Waals surface area contributed by atoms with E-state index < -0.39 is 0 Å². The number of carbonyl (C=O) groups excluding carboxylic acids is 2.